The van der Waals surface area contributed by atoms with Gasteiger partial charge in [-0.05, 0) is 63.9 Å². The second kappa shape index (κ2) is 5.74. The van der Waals surface area contributed by atoms with Crippen LogP contribution in [-0.4, -0.2) is 11.1 Å². The highest BCUT2D eigenvalue weighted by atomic mass is 79.9. The number of aliphatic carboxylic acids is 1. The predicted octanol–water partition coefficient (Wildman–Crippen LogP) is 4.75. The van der Waals surface area contributed by atoms with E-state index in [1.165, 1.54) is 5.56 Å². The van der Waals surface area contributed by atoms with Gasteiger partial charge in [0.2, 0.25) is 0 Å². The summed E-state index contributed by atoms with van der Waals surface area (Å²) in [6, 6.07) is 0. The molecule has 0 aliphatic heterocycles. The molecule has 1 aromatic rings. The Balaban J connectivity index is 2.25. The summed E-state index contributed by atoms with van der Waals surface area (Å²) in [6.45, 7) is 4.48. The van der Waals surface area contributed by atoms with Crippen LogP contribution in [0.3, 0.4) is 0 Å². The average molecular weight is 331 g/mol. The van der Waals surface area contributed by atoms with Crippen molar-refractivity contribution in [1.29, 1.82) is 0 Å². The van der Waals surface area contributed by atoms with E-state index < -0.39 is 5.97 Å². The van der Waals surface area contributed by atoms with Crippen LogP contribution in [0.2, 0.25) is 0 Å². The summed E-state index contributed by atoms with van der Waals surface area (Å²) in [4.78, 5) is 11.4. The van der Waals surface area contributed by atoms with Crippen molar-refractivity contribution in [1.82, 2.24) is 0 Å². The number of rotatable bonds is 3. The van der Waals surface area contributed by atoms with Crippen LogP contribution >= 0.6 is 27.3 Å². The van der Waals surface area contributed by atoms with Crippen LogP contribution in [-0.2, 0) is 4.79 Å². The number of carbonyl (C=O) groups is 1. The van der Waals surface area contributed by atoms with Gasteiger partial charge in [0.25, 0.3) is 0 Å². The summed E-state index contributed by atoms with van der Waals surface area (Å²) < 4.78 is 1.08. The van der Waals surface area contributed by atoms with Gasteiger partial charge in [-0.25, -0.2) is 0 Å². The molecule has 0 bridgehead atoms. The third-order valence-corrected chi connectivity index (χ3v) is 5.94. The molecule has 0 spiro atoms. The van der Waals surface area contributed by atoms with Crippen molar-refractivity contribution in [2.45, 2.75) is 39.0 Å². The predicted molar refractivity (Wildman–Crippen MR) is 78.1 cm³/mol. The maximum atomic E-state index is 11.4. The number of carboxylic acid groups (broad SMARTS) is 1. The minimum absolute atomic E-state index is 0.171. The highest BCUT2D eigenvalue weighted by Crippen LogP contribution is 2.45. The first-order valence-corrected chi connectivity index (χ1v) is 8.18. The molecule has 3 atom stereocenters. The molecule has 4 heteroatoms. The number of halogens is 1. The summed E-state index contributed by atoms with van der Waals surface area (Å²) in [7, 11) is 0. The van der Waals surface area contributed by atoms with Gasteiger partial charge in [0.1, 0.15) is 0 Å². The fraction of sp³-hybridized carbons (Fsp3) is 0.643. The molecule has 1 heterocycles. The van der Waals surface area contributed by atoms with Crippen LogP contribution in [0, 0.1) is 17.8 Å². The summed E-state index contributed by atoms with van der Waals surface area (Å²) >= 11 is 5.20. The van der Waals surface area contributed by atoms with Crippen LogP contribution < -0.4 is 0 Å². The lowest BCUT2D eigenvalue weighted by Gasteiger charge is -2.36. The molecule has 0 radical (unpaired) electrons. The smallest absolute Gasteiger partial charge is 0.307 e. The Morgan fingerprint density at radius 3 is 2.67 bits per heavy atom. The SMILES string of the molecule is CC(C)C1CCC(C(=O)O)C(c2cscc2Br)C1. The molecule has 100 valence electrons. The van der Waals surface area contributed by atoms with E-state index in [0.29, 0.717) is 11.8 Å². The van der Waals surface area contributed by atoms with E-state index in [0.717, 1.165) is 23.7 Å². The molecule has 2 nitrogen and oxygen atoms in total. The van der Waals surface area contributed by atoms with Gasteiger partial charge in [-0.2, -0.15) is 11.3 Å². The lowest BCUT2D eigenvalue weighted by molar-refractivity contribution is -0.144. The largest absolute Gasteiger partial charge is 0.481 e. The number of carboxylic acids is 1. The van der Waals surface area contributed by atoms with Crippen LogP contribution in [0.1, 0.15) is 44.6 Å². The van der Waals surface area contributed by atoms with Crippen molar-refractivity contribution in [3.63, 3.8) is 0 Å². The summed E-state index contributed by atoms with van der Waals surface area (Å²) in [6.07, 6.45) is 2.86. The van der Waals surface area contributed by atoms with Gasteiger partial charge in [0.15, 0.2) is 0 Å². The third kappa shape index (κ3) is 2.80. The summed E-state index contributed by atoms with van der Waals surface area (Å²) in [5.41, 5.74) is 1.19. The molecule has 2 rings (SSSR count). The lowest BCUT2D eigenvalue weighted by Crippen LogP contribution is -2.31. The number of hydrogen-bond acceptors (Lipinski definition) is 2. The monoisotopic (exact) mass is 330 g/mol. The Morgan fingerprint density at radius 2 is 2.17 bits per heavy atom. The average Bonchev–Trinajstić information content (AvgIpc) is 2.74. The molecular weight excluding hydrogens is 312 g/mol. The van der Waals surface area contributed by atoms with Crippen molar-refractivity contribution in [3.05, 3.63) is 20.8 Å². The fourth-order valence-electron chi connectivity index (χ4n) is 3.00. The molecule has 1 saturated carbocycles. The van der Waals surface area contributed by atoms with Crippen molar-refractivity contribution in [2.24, 2.45) is 17.8 Å². The molecule has 0 amide bonds. The van der Waals surface area contributed by atoms with Crippen LogP contribution in [0.4, 0.5) is 0 Å². The molecule has 0 saturated heterocycles. The minimum atomic E-state index is -0.639. The molecule has 1 aromatic heterocycles. The lowest BCUT2D eigenvalue weighted by atomic mass is 9.69. The zero-order valence-electron chi connectivity index (χ0n) is 10.7. The van der Waals surface area contributed by atoms with Crippen molar-refractivity contribution < 1.29 is 9.90 Å². The fourth-order valence-corrected chi connectivity index (χ4v) is 4.66. The maximum Gasteiger partial charge on any atom is 0.307 e. The highest BCUT2D eigenvalue weighted by molar-refractivity contribution is 9.10. The maximum absolute atomic E-state index is 11.4. The van der Waals surface area contributed by atoms with Gasteiger partial charge in [0.05, 0.1) is 5.92 Å². The molecule has 1 aliphatic rings. The molecule has 1 fully saturated rings. The normalized spacial score (nSPS) is 28.6. The number of thiophene rings is 1. The van der Waals surface area contributed by atoms with E-state index >= 15 is 0 Å². The van der Waals surface area contributed by atoms with Gasteiger partial charge < -0.3 is 5.11 Å². The van der Waals surface area contributed by atoms with E-state index in [1.54, 1.807) is 11.3 Å². The van der Waals surface area contributed by atoms with E-state index in [4.69, 9.17) is 0 Å². The zero-order valence-corrected chi connectivity index (χ0v) is 13.1. The minimum Gasteiger partial charge on any atom is -0.481 e. The van der Waals surface area contributed by atoms with Crippen molar-refractivity contribution in [3.8, 4) is 0 Å². The van der Waals surface area contributed by atoms with E-state index in [2.05, 4.69) is 35.2 Å². The van der Waals surface area contributed by atoms with Crippen LogP contribution in [0.25, 0.3) is 0 Å². The van der Waals surface area contributed by atoms with Gasteiger partial charge in [0, 0.05) is 9.85 Å². The van der Waals surface area contributed by atoms with Gasteiger partial charge in [-0.3, -0.25) is 4.79 Å². The standard InChI is InChI=1S/C14H19BrO2S/c1-8(2)9-3-4-10(14(16)17)11(5-9)12-6-18-7-13(12)15/h6-11H,3-5H2,1-2H3,(H,16,17). The molecule has 18 heavy (non-hydrogen) atoms. The van der Waals surface area contributed by atoms with Gasteiger partial charge >= 0.3 is 5.97 Å². The van der Waals surface area contributed by atoms with E-state index in [1.807, 2.05) is 5.38 Å². The molecule has 0 aromatic carbocycles. The second-order valence-corrected chi connectivity index (χ2v) is 7.14. The molecule has 1 aliphatic carbocycles. The Bertz CT molecular complexity index is 427. The van der Waals surface area contributed by atoms with Gasteiger partial charge in [-0.1, -0.05) is 13.8 Å². The molecule has 3 unspecified atom stereocenters. The topological polar surface area (TPSA) is 37.3 Å². The summed E-state index contributed by atoms with van der Waals surface area (Å²) in [5, 5.41) is 13.6. The zero-order chi connectivity index (χ0) is 13.3. The Kier molecular flexibility index (Phi) is 4.49. The first-order valence-electron chi connectivity index (χ1n) is 6.45. The first kappa shape index (κ1) is 14.1. The Morgan fingerprint density at radius 1 is 1.44 bits per heavy atom. The molecule has 1 N–H and O–H groups in total. The highest BCUT2D eigenvalue weighted by Gasteiger charge is 2.37. The second-order valence-electron chi connectivity index (χ2n) is 5.54. The Hall–Kier alpha value is -0.350. The quantitative estimate of drug-likeness (QED) is 0.868. The van der Waals surface area contributed by atoms with Crippen molar-refractivity contribution in [2.75, 3.05) is 0 Å². The van der Waals surface area contributed by atoms with E-state index in [9.17, 15) is 9.90 Å². The third-order valence-electron chi connectivity index (χ3n) is 4.19. The Labute approximate surface area is 121 Å². The van der Waals surface area contributed by atoms with Gasteiger partial charge in [-0.15, -0.1) is 0 Å². The van der Waals surface area contributed by atoms with Crippen LogP contribution in [0.15, 0.2) is 15.2 Å². The molecular formula is C14H19BrO2S. The van der Waals surface area contributed by atoms with Crippen LogP contribution in [0.5, 0.6) is 0 Å². The summed E-state index contributed by atoms with van der Waals surface area (Å²) in [5.74, 6) is 0.604. The first-order chi connectivity index (χ1) is 8.50. The number of hydrogen-bond donors (Lipinski definition) is 1. The van der Waals surface area contributed by atoms with E-state index in [-0.39, 0.29) is 11.8 Å². The van der Waals surface area contributed by atoms with Crippen molar-refractivity contribution >= 4 is 33.2 Å².